The van der Waals surface area contributed by atoms with Gasteiger partial charge in [-0.05, 0) is 23.6 Å². The highest BCUT2D eigenvalue weighted by Gasteiger charge is 2.05. The molecule has 110 valence electrons. The summed E-state index contributed by atoms with van der Waals surface area (Å²) in [5.41, 5.74) is 2.15. The molecule has 0 saturated carbocycles. The number of carbonyl (C=O) groups excluding carboxylic acids is 1. The van der Waals surface area contributed by atoms with Crippen LogP contribution in [0.15, 0.2) is 48.7 Å². The van der Waals surface area contributed by atoms with Gasteiger partial charge in [0, 0.05) is 13.0 Å². The molecule has 21 heavy (non-hydrogen) atoms. The largest absolute Gasteiger partial charge is 0.380 e. The number of carbonyl (C=O) groups is 1. The summed E-state index contributed by atoms with van der Waals surface area (Å²) < 4.78 is 0. The molecule has 0 fully saturated rings. The van der Waals surface area contributed by atoms with Crippen LogP contribution in [0.3, 0.4) is 0 Å². The van der Waals surface area contributed by atoms with Gasteiger partial charge in [0.1, 0.15) is 5.82 Å². The van der Waals surface area contributed by atoms with Gasteiger partial charge in [0.25, 0.3) is 0 Å². The smallest absolute Gasteiger partial charge is 0.225 e. The van der Waals surface area contributed by atoms with E-state index in [4.69, 9.17) is 0 Å². The summed E-state index contributed by atoms with van der Waals surface area (Å²) in [6, 6.07) is 13.9. The molecule has 0 aliphatic heterocycles. The molecule has 2 rings (SSSR count). The lowest BCUT2D eigenvalue weighted by Crippen LogP contribution is -2.14. The van der Waals surface area contributed by atoms with E-state index < -0.39 is 0 Å². The number of nitrogens with one attached hydrogen (secondary N) is 2. The first kappa shape index (κ1) is 15.0. The highest BCUT2D eigenvalue weighted by Crippen LogP contribution is 2.12. The monoisotopic (exact) mass is 283 g/mol. The van der Waals surface area contributed by atoms with Crippen molar-refractivity contribution in [1.29, 1.82) is 0 Å². The fraction of sp³-hybridized carbons (Fsp3) is 0.294. The van der Waals surface area contributed by atoms with E-state index in [2.05, 4.69) is 27.8 Å². The van der Waals surface area contributed by atoms with E-state index in [0.29, 0.717) is 18.2 Å². The number of amides is 1. The number of hydrogen-bond acceptors (Lipinski definition) is 3. The zero-order chi connectivity index (χ0) is 15.1. The van der Waals surface area contributed by atoms with Gasteiger partial charge in [-0.15, -0.1) is 0 Å². The van der Waals surface area contributed by atoms with Crippen molar-refractivity contribution in [1.82, 2.24) is 4.98 Å². The lowest BCUT2D eigenvalue weighted by Gasteiger charge is -2.09. The van der Waals surface area contributed by atoms with Gasteiger partial charge in [0.15, 0.2) is 0 Å². The summed E-state index contributed by atoms with van der Waals surface area (Å²) in [5.74, 6) is 0.935. The molecule has 0 bridgehead atoms. The van der Waals surface area contributed by atoms with Gasteiger partial charge < -0.3 is 10.6 Å². The Morgan fingerprint density at radius 3 is 2.52 bits per heavy atom. The molecule has 2 N–H and O–H groups in total. The number of nitrogens with zero attached hydrogens (tertiary/aromatic N) is 1. The van der Waals surface area contributed by atoms with Crippen LogP contribution >= 0.6 is 0 Å². The average molecular weight is 283 g/mol. The molecule has 1 aromatic carbocycles. The Labute approximate surface area is 125 Å². The van der Waals surface area contributed by atoms with E-state index in [-0.39, 0.29) is 5.91 Å². The maximum Gasteiger partial charge on any atom is 0.225 e. The quantitative estimate of drug-likeness (QED) is 0.850. The molecule has 0 radical (unpaired) electrons. The average Bonchev–Trinajstić information content (AvgIpc) is 2.47. The van der Waals surface area contributed by atoms with Crippen LogP contribution < -0.4 is 10.6 Å². The predicted octanol–water partition coefficient (Wildman–Crippen LogP) is 3.68. The molecule has 4 heteroatoms. The third kappa shape index (κ3) is 5.26. The van der Waals surface area contributed by atoms with Gasteiger partial charge in [0.05, 0.1) is 11.9 Å². The molecule has 4 nitrogen and oxygen atoms in total. The first-order valence-electron chi connectivity index (χ1n) is 7.17. The minimum Gasteiger partial charge on any atom is -0.380 e. The molecule has 1 heterocycles. The molecule has 0 aliphatic carbocycles. The summed E-state index contributed by atoms with van der Waals surface area (Å²) >= 11 is 0. The predicted molar refractivity (Wildman–Crippen MR) is 86.1 cm³/mol. The number of rotatable bonds is 6. The second-order valence-electron chi connectivity index (χ2n) is 5.42. The molecule has 2 aromatic rings. The van der Waals surface area contributed by atoms with Crippen LogP contribution in [0, 0.1) is 5.92 Å². The topological polar surface area (TPSA) is 54.0 Å². The zero-order valence-electron chi connectivity index (χ0n) is 12.5. The first-order chi connectivity index (χ1) is 10.1. The van der Waals surface area contributed by atoms with E-state index in [0.717, 1.165) is 12.2 Å². The number of anilines is 2. The number of aromatic nitrogens is 1. The Kier molecular flexibility index (Phi) is 5.32. The fourth-order valence-corrected chi connectivity index (χ4v) is 1.94. The maximum absolute atomic E-state index is 11.7. The van der Waals surface area contributed by atoms with Crippen LogP contribution in [0.2, 0.25) is 0 Å². The van der Waals surface area contributed by atoms with Crippen LogP contribution in [-0.2, 0) is 11.3 Å². The van der Waals surface area contributed by atoms with Crippen molar-refractivity contribution in [3.05, 3.63) is 54.2 Å². The summed E-state index contributed by atoms with van der Waals surface area (Å²) in [6.07, 6.45) is 2.24. The van der Waals surface area contributed by atoms with Gasteiger partial charge in [-0.1, -0.05) is 44.2 Å². The Balaban J connectivity index is 1.86. The van der Waals surface area contributed by atoms with Gasteiger partial charge >= 0.3 is 0 Å². The van der Waals surface area contributed by atoms with Gasteiger partial charge in [-0.25, -0.2) is 4.98 Å². The van der Waals surface area contributed by atoms with Crippen molar-refractivity contribution >= 4 is 17.4 Å². The molecule has 0 unspecified atom stereocenters. The first-order valence-corrected chi connectivity index (χ1v) is 7.17. The molecule has 0 atom stereocenters. The molecule has 0 saturated heterocycles. The maximum atomic E-state index is 11.7. The standard InChI is InChI=1S/C17H21N3O/c1-13(2)10-17(21)20-16-9-8-15(12-19-16)18-11-14-6-4-3-5-7-14/h3-9,12-13,18H,10-11H2,1-2H3,(H,19,20,21). The van der Waals surface area contributed by atoms with Crippen molar-refractivity contribution in [3.63, 3.8) is 0 Å². The fourth-order valence-electron chi connectivity index (χ4n) is 1.94. The van der Waals surface area contributed by atoms with Crippen molar-refractivity contribution in [3.8, 4) is 0 Å². The molecule has 0 spiro atoms. The van der Waals surface area contributed by atoms with Gasteiger partial charge in [-0.2, -0.15) is 0 Å². The second kappa shape index (κ2) is 7.43. The lowest BCUT2D eigenvalue weighted by atomic mass is 10.1. The summed E-state index contributed by atoms with van der Waals surface area (Å²) in [6.45, 7) is 4.79. The van der Waals surface area contributed by atoms with Crippen molar-refractivity contribution in [2.75, 3.05) is 10.6 Å². The van der Waals surface area contributed by atoms with Crippen LogP contribution in [0.4, 0.5) is 11.5 Å². The van der Waals surface area contributed by atoms with E-state index in [1.54, 1.807) is 6.20 Å². The number of hydrogen-bond donors (Lipinski definition) is 2. The van der Waals surface area contributed by atoms with E-state index in [1.807, 2.05) is 44.2 Å². The molecule has 1 aromatic heterocycles. The molecular formula is C17H21N3O. The molecule has 1 amide bonds. The summed E-state index contributed by atoms with van der Waals surface area (Å²) in [7, 11) is 0. The third-order valence-electron chi connectivity index (χ3n) is 2.96. The van der Waals surface area contributed by atoms with Crippen molar-refractivity contribution in [2.45, 2.75) is 26.8 Å². The Hall–Kier alpha value is -2.36. The van der Waals surface area contributed by atoms with Crippen LogP contribution in [0.5, 0.6) is 0 Å². The van der Waals surface area contributed by atoms with Crippen molar-refractivity contribution in [2.24, 2.45) is 5.92 Å². The summed E-state index contributed by atoms with van der Waals surface area (Å²) in [4.78, 5) is 15.9. The second-order valence-corrected chi connectivity index (χ2v) is 5.42. The van der Waals surface area contributed by atoms with Crippen molar-refractivity contribution < 1.29 is 4.79 Å². The lowest BCUT2D eigenvalue weighted by molar-refractivity contribution is -0.116. The molecule has 0 aliphatic rings. The van der Waals surface area contributed by atoms with Crippen LogP contribution in [-0.4, -0.2) is 10.9 Å². The van der Waals surface area contributed by atoms with E-state index >= 15 is 0 Å². The van der Waals surface area contributed by atoms with Crippen LogP contribution in [0.25, 0.3) is 0 Å². The van der Waals surface area contributed by atoms with Gasteiger partial charge in [-0.3, -0.25) is 4.79 Å². The Bertz CT molecular complexity index is 564. The minimum absolute atomic E-state index is 0.00231. The number of pyridine rings is 1. The Morgan fingerprint density at radius 2 is 1.90 bits per heavy atom. The Morgan fingerprint density at radius 1 is 1.14 bits per heavy atom. The highest BCUT2D eigenvalue weighted by atomic mass is 16.1. The normalized spacial score (nSPS) is 10.4. The summed E-state index contributed by atoms with van der Waals surface area (Å²) in [5, 5.41) is 6.09. The van der Waals surface area contributed by atoms with E-state index in [1.165, 1.54) is 5.56 Å². The SMILES string of the molecule is CC(C)CC(=O)Nc1ccc(NCc2ccccc2)cn1. The zero-order valence-corrected chi connectivity index (χ0v) is 12.5. The van der Waals surface area contributed by atoms with Crippen LogP contribution in [0.1, 0.15) is 25.8 Å². The van der Waals surface area contributed by atoms with Gasteiger partial charge in [0.2, 0.25) is 5.91 Å². The molecular weight excluding hydrogens is 262 g/mol. The number of benzene rings is 1. The highest BCUT2D eigenvalue weighted by molar-refractivity contribution is 5.89. The van der Waals surface area contributed by atoms with E-state index in [9.17, 15) is 4.79 Å². The third-order valence-corrected chi connectivity index (χ3v) is 2.96. The minimum atomic E-state index is 0.00231.